The van der Waals surface area contributed by atoms with Crippen LogP contribution in [0.3, 0.4) is 0 Å². The minimum Gasteiger partial charge on any atom is -0.378 e. The molecule has 4 nitrogen and oxygen atoms in total. The van der Waals surface area contributed by atoms with E-state index in [2.05, 4.69) is 32.7 Å². The predicted octanol–water partition coefficient (Wildman–Crippen LogP) is 5.68. The van der Waals surface area contributed by atoms with E-state index in [1.54, 1.807) is 12.3 Å². The van der Waals surface area contributed by atoms with E-state index in [1.165, 1.54) is 25.8 Å². The smallest absolute Gasteiger partial charge is 0.378 e. The molecule has 0 radical (unpaired) electrons. The molecule has 2 fully saturated rings. The zero-order valence-electron chi connectivity index (χ0n) is 18.2. The van der Waals surface area contributed by atoms with Gasteiger partial charge in [0.1, 0.15) is 0 Å². The molecule has 7 heteroatoms. The highest BCUT2D eigenvalue weighted by Crippen LogP contribution is 2.36. The Kier molecular flexibility index (Phi) is 5.24. The van der Waals surface area contributed by atoms with Gasteiger partial charge in [-0.25, -0.2) is 0 Å². The molecule has 0 aliphatic carbocycles. The van der Waals surface area contributed by atoms with Crippen molar-refractivity contribution < 1.29 is 13.2 Å². The molecule has 3 atom stereocenters. The summed E-state index contributed by atoms with van der Waals surface area (Å²) in [4.78, 5) is 6.92. The Labute approximate surface area is 185 Å². The number of aromatic nitrogens is 1. The topological polar surface area (TPSA) is 40.2 Å². The summed E-state index contributed by atoms with van der Waals surface area (Å²) >= 11 is 0. The number of fused-ring (bicyclic) bond motifs is 3. The number of piperazine rings is 1. The van der Waals surface area contributed by atoms with Crippen LogP contribution in [0.2, 0.25) is 0 Å². The Hall–Kier alpha value is -2.80. The maximum Gasteiger partial charge on any atom is 0.416 e. The van der Waals surface area contributed by atoms with Crippen molar-refractivity contribution in [2.75, 3.05) is 23.3 Å². The minimum absolute atomic E-state index is 0.260. The maximum atomic E-state index is 13.4. The van der Waals surface area contributed by atoms with Gasteiger partial charge in [-0.1, -0.05) is 12.1 Å². The average Bonchev–Trinajstić information content (AvgIpc) is 3.10. The van der Waals surface area contributed by atoms with E-state index in [4.69, 9.17) is 0 Å². The first kappa shape index (κ1) is 21.1. The van der Waals surface area contributed by atoms with E-state index in [0.717, 1.165) is 41.4 Å². The molecule has 2 aliphatic heterocycles. The normalized spacial score (nSPS) is 21.7. The molecule has 2 aromatic carbocycles. The molecule has 168 valence electrons. The quantitative estimate of drug-likeness (QED) is 0.548. The molecular formula is C25H27F3N4. The van der Waals surface area contributed by atoms with E-state index in [1.807, 2.05) is 19.1 Å². The van der Waals surface area contributed by atoms with Crippen LogP contribution in [0.5, 0.6) is 0 Å². The molecule has 2 saturated heterocycles. The number of halogens is 3. The number of hydrogen-bond donors (Lipinski definition) is 2. The van der Waals surface area contributed by atoms with Crippen molar-refractivity contribution in [1.82, 2.24) is 10.3 Å². The van der Waals surface area contributed by atoms with Crippen LogP contribution in [-0.2, 0) is 6.18 Å². The third kappa shape index (κ3) is 3.90. The van der Waals surface area contributed by atoms with Crippen LogP contribution < -0.4 is 15.5 Å². The summed E-state index contributed by atoms with van der Waals surface area (Å²) < 4.78 is 40.1. The molecule has 2 bridgehead atoms. The van der Waals surface area contributed by atoms with Gasteiger partial charge in [-0.2, -0.15) is 13.2 Å². The molecule has 0 saturated carbocycles. The fourth-order valence-electron chi connectivity index (χ4n) is 5.21. The zero-order valence-corrected chi connectivity index (χ0v) is 18.2. The van der Waals surface area contributed by atoms with Gasteiger partial charge < -0.3 is 15.5 Å². The summed E-state index contributed by atoms with van der Waals surface area (Å²) in [6, 6.07) is 13.4. The second-order valence-corrected chi connectivity index (χ2v) is 8.99. The van der Waals surface area contributed by atoms with Crippen molar-refractivity contribution in [3.8, 4) is 0 Å². The van der Waals surface area contributed by atoms with E-state index in [9.17, 15) is 13.2 Å². The minimum atomic E-state index is -4.36. The number of nitrogens with zero attached hydrogens (tertiary/aromatic N) is 2. The maximum absolute atomic E-state index is 13.4. The fourth-order valence-corrected chi connectivity index (χ4v) is 5.21. The Morgan fingerprint density at radius 1 is 1.09 bits per heavy atom. The van der Waals surface area contributed by atoms with Crippen molar-refractivity contribution >= 4 is 22.3 Å². The molecule has 3 aromatic rings. The van der Waals surface area contributed by atoms with E-state index in [0.29, 0.717) is 17.6 Å². The predicted molar refractivity (Wildman–Crippen MR) is 122 cm³/mol. The molecule has 3 heterocycles. The summed E-state index contributed by atoms with van der Waals surface area (Å²) in [5.74, 6) is 0. The van der Waals surface area contributed by atoms with Crippen LogP contribution in [0.25, 0.3) is 10.9 Å². The third-order valence-corrected chi connectivity index (χ3v) is 6.83. The number of benzene rings is 2. The lowest BCUT2D eigenvalue weighted by Gasteiger charge is -2.34. The lowest BCUT2D eigenvalue weighted by molar-refractivity contribution is -0.138. The molecular weight excluding hydrogens is 413 g/mol. The van der Waals surface area contributed by atoms with E-state index in [-0.39, 0.29) is 11.6 Å². The second-order valence-electron chi connectivity index (χ2n) is 8.99. The van der Waals surface area contributed by atoms with Crippen LogP contribution in [0, 0.1) is 6.92 Å². The lowest BCUT2D eigenvalue weighted by atomic mass is 9.97. The first-order valence-corrected chi connectivity index (χ1v) is 11.1. The molecule has 2 N–H and O–H groups in total. The van der Waals surface area contributed by atoms with Crippen molar-refractivity contribution in [1.29, 1.82) is 0 Å². The number of alkyl halides is 3. The van der Waals surface area contributed by atoms with Crippen molar-refractivity contribution in [3.05, 3.63) is 65.4 Å². The molecule has 2 aliphatic rings. The highest BCUT2D eigenvalue weighted by atomic mass is 19.4. The summed E-state index contributed by atoms with van der Waals surface area (Å²) in [7, 11) is 0. The highest BCUT2D eigenvalue weighted by Gasteiger charge is 2.34. The Balaban J connectivity index is 1.46. The van der Waals surface area contributed by atoms with Gasteiger partial charge in [-0.3, -0.25) is 4.98 Å². The standard InChI is InChI=1S/C25H27F3N4/c1-15-20(4-3-5-22(15)25(26,27)28)16(2)30-24-10-11-29-23-9-8-19(12-21(23)24)32-13-17-6-7-18(14-32)31-17/h3-5,8-12,16-18,31H,6-7,13-14H2,1-2H3,(H,29,30)/t16-,17?,18?/m1/s1. The van der Waals surface area contributed by atoms with Crippen molar-refractivity contribution in [2.45, 2.75) is 51.0 Å². The largest absolute Gasteiger partial charge is 0.416 e. The van der Waals surface area contributed by atoms with Crippen LogP contribution in [0.15, 0.2) is 48.7 Å². The van der Waals surface area contributed by atoms with Gasteiger partial charge in [-0.15, -0.1) is 0 Å². The van der Waals surface area contributed by atoms with E-state index < -0.39 is 11.7 Å². The number of nitrogens with one attached hydrogen (secondary N) is 2. The fraction of sp³-hybridized carbons (Fsp3) is 0.400. The highest BCUT2D eigenvalue weighted by molar-refractivity contribution is 5.93. The molecule has 0 amide bonds. The lowest BCUT2D eigenvalue weighted by Crippen LogP contribution is -2.51. The van der Waals surface area contributed by atoms with Crippen LogP contribution in [0.1, 0.15) is 42.5 Å². The SMILES string of the molecule is Cc1c([C@@H](C)Nc2ccnc3ccc(N4CC5CCC(C4)N5)cc23)cccc1C(F)(F)F. The van der Waals surface area contributed by atoms with Crippen molar-refractivity contribution in [3.63, 3.8) is 0 Å². The number of pyridine rings is 1. The summed E-state index contributed by atoms with van der Waals surface area (Å²) in [5.41, 5.74) is 3.22. The van der Waals surface area contributed by atoms with Gasteiger partial charge in [0, 0.05) is 54.2 Å². The zero-order chi connectivity index (χ0) is 22.5. The Bertz CT molecular complexity index is 1130. The summed E-state index contributed by atoms with van der Waals surface area (Å²) in [6.45, 7) is 5.42. The molecule has 2 unspecified atom stereocenters. The van der Waals surface area contributed by atoms with Gasteiger partial charge in [0.25, 0.3) is 0 Å². The number of rotatable bonds is 4. The number of anilines is 2. The summed E-state index contributed by atoms with van der Waals surface area (Å²) in [5, 5.41) is 8.08. The monoisotopic (exact) mass is 440 g/mol. The van der Waals surface area contributed by atoms with Crippen LogP contribution in [0.4, 0.5) is 24.5 Å². The van der Waals surface area contributed by atoms with Gasteiger partial charge in [0.2, 0.25) is 0 Å². The third-order valence-electron chi connectivity index (χ3n) is 6.83. The summed E-state index contributed by atoms with van der Waals surface area (Å²) in [6.07, 6.45) is -0.185. The van der Waals surface area contributed by atoms with E-state index >= 15 is 0 Å². The van der Waals surface area contributed by atoms with Gasteiger partial charge in [0.15, 0.2) is 0 Å². The number of hydrogen-bond acceptors (Lipinski definition) is 4. The Morgan fingerprint density at radius 2 is 1.84 bits per heavy atom. The molecule has 32 heavy (non-hydrogen) atoms. The second kappa shape index (κ2) is 7.96. The van der Waals surface area contributed by atoms with Gasteiger partial charge in [-0.05, 0) is 68.1 Å². The Morgan fingerprint density at radius 3 is 2.56 bits per heavy atom. The van der Waals surface area contributed by atoms with Crippen LogP contribution >= 0.6 is 0 Å². The van der Waals surface area contributed by atoms with Gasteiger partial charge in [0.05, 0.1) is 11.1 Å². The van der Waals surface area contributed by atoms with Gasteiger partial charge >= 0.3 is 6.18 Å². The first-order valence-electron chi connectivity index (χ1n) is 11.1. The molecule has 0 spiro atoms. The van der Waals surface area contributed by atoms with Crippen molar-refractivity contribution in [2.24, 2.45) is 0 Å². The molecule has 1 aromatic heterocycles. The molecule has 5 rings (SSSR count). The first-order chi connectivity index (χ1) is 15.3. The van der Waals surface area contributed by atoms with Crippen LogP contribution in [-0.4, -0.2) is 30.2 Å². The average molecular weight is 441 g/mol.